The van der Waals surface area contributed by atoms with Crippen LogP contribution >= 0.6 is 0 Å². The molecule has 0 spiro atoms. The lowest BCUT2D eigenvalue weighted by atomic mass is 9.33. The number of aliphatic hydroxyl groups excluding tert-OH is 16. The van der Waals surface area contributed by atoms with Crippen molar-refractivity contribution in [1.82, 2.24) is 0 Å². The normalized spacial score (nSPS) is 55.3. The molecule has 0 bridgehead atoms. The number of aliphatic hydroxyl groups is 16. The van der Waals surface area contributed by atoms with Crippen molar-refractivity contribution in [1.29, 1.82) is 0 Å². The molecular weight excluding hydrogens is 1120 g/mol. The molecule has 34 unspecified atom stereocenters. The van der Waals surface area contributed by atoms with Gasteiger partial charge in [-0.2, -0.15) is 0 Å². The summed E-state index contributed by atoms with van der Waals surface area (Å²) in [5, 5.41) is 171. The van der Waals surface area contributed by atoms with E-state index in [0.29, 0.717) is 25.7 Å². The minimum atomic E-state index is -1.89. The fourth-order valence-corrected chi connectivity index (χ4v) is 18.1. The number of allylic oxidation sites excluding steroid dienone is 2. The number of ether oxygens (including phenoxy) is 9. The van der Waals surface area contributed by atoms with E-state index in [1.54, 1.807) is 0 Å². The van der Waals surface area contributed by atoms with Crippen molar-refractivity contribution < 1.29 is 129 Å². The van der Waals surface area contributed by atoms with Gasteiger partial charge in [0.05, 0.1) is 56.3 Å². The highest BCUT2D eigenvalue weighted by Crippen LogP contribution is 2.76. The van der Waals surface area contributed by atoms with E-state index in [1.165, 1.54) is 5.57 Å². The topological polar surface area (TPSA) is 424 Å². The van der Waals surface area contributed by atoms with Crippen LogP contribution < -0.4 is 0 Å². The predicted octanol–water partition coefficient (Wildman–Crippen LogP) is -3.09. The predicted molar refractivity (Wildman–Crippen MR) is 288 cm³/mol. The molecule has 0 amide bonds. The number of carbonyl (C=O) groups excluding carboxylic acids is 1. The summed E-state index contributed by atoms with van der Waals surface area (Å²) in [5.74, 6) is -1.42. The van der Waals surface area contributed by atoms with Gasteiger partial charge in [0.2, 0.25) is 6.29 Å². The van der Waals surface area contributed by atoms with Gasteiger partial charge in [0.15, 0.2) is 25.2 Å². The average Bonchev–Trinajstić information content (AvgIpc) is 1.10. The largest absolute Gasteiger partial charge is 0.432 e. The average molecular weight is 1220 g/mol. The standard InChI is InChI=1S/C59H96O26/c1-23-10-15-59(54(76)85-52-47(74)43(70)40(67)31(82-52)22-78-50-45(72)36(63)25(29(19-60)80-50)18-28-38(65)41(68)44(71)49(75)79-28)17-16-57(6)26(35(59)24(23)2)8-9-33-56(5)13-12-34(55(3,4)32(56)11-14-58(33,57)7)83-53-48(37(64)27(62)21-77-53)84-51-46(73)42(69)39(66)30(20-61)81-51/h8,23-25,27-53,60-75H,9-22H2,1-7H3. The molecule has 5 aliphatic carbocycles. The summed E-state index contributed by atoms with van der Waals surface area (Å²) in [5.41, 5.74) is -1.10. The lowest BCUT2D eigenvalue weighted by molar-refractivity contribution is -0.367. The molecule has 34 atom stereocenters. The Labute approximate surface area is 494 Å². The number of hydrogen-bond acceptors (Lipinski definition) is 26. The smallest absolute Gasteiger partial charge is 0.315 e. The second-order valence-electron chi connectivity index (χ2n) is 28.2. The molecular formula is C59H96O26. The first kappa shape index (κ1) is 66.2. The van der Waals surface area contributed by atoms with E-state index in [1.807, 2.05) is 0 Å². The van der Waals surface area contributed by atoms with E-state index in [2.05, 4.69) is 54.5 Å². The zero-order valence-corrected chi connectivity index (χ0v) is 49.5. The van der Waals surface area contributed by atoms with Crippen LogP contribution in [0.3, 0.4) is 0 Å². The Bertz CT molecular complexity index is 2350. The molecule has 10 rings (SSSR count). The molecule has 0 radical (unpaired) electrons. The van der Waals surface area contributed by atoms with Gasteiger partial charge in [-0.05, 0) is 115 Å². The summed E-state index contributed by atoms with van der Waals surface area (Å²) in [4.78, 5) is 15.3. The van der Waals surface area contributed by atoms with E-state index >= 15 is 4.79 Å². The molecule has 488 valence electrons. The maximum atomic E-state index is 15.3. The summed E-state index contributed by atoms with van der Waals surface area (Å²) in [7, 11) is 0. The second-order valence-corrected chi connectivity index (χ2v) is 28.2. The summed E-state index contributed by atoms with van der Waals surface area (Å²) >= 11 is 0. The number of rotatable bonds is 13. The number of esters is 1. The molecule has 5 heterocycles. The Kier molecular flexibility index (Phi) is 19.2. The van der Waals surface area contributed by atoms with Crippen molar-refractivity contribution in [3.05, 3.63) is 11.6 Å². The molecule has 16 N–H and O–H groups in total. The monoisotopic (exact) mass is 1220 g/mol. The first-order chi connectivity index (χ1) is 39.9. The van der Waals surface area contributed by atoms with Gasteiger partial charge in [-0.15, -0.1) is 0 Å². The zero-order valence-electron chi connectivity index (χ0n) is 49.5. The molecule has 4 saturated carbocycles. The quantitative estimate of drug-likeness (QED) is 0.0493. The summed E-state index contributed by atoms with van der Waals surface area (Å²) in [6, 6.07) is 0. The fraction of sp³-hybridized carbons (Fsp3) is 0.949. The number of hydrogen-bond donors (Lipinski definition) is 16. The first-order valence-electron chi connectivity index (χ1n) is 30.7. The zero-order chi connectivity index (χ0) is 61.9. The van der Waals surface area contributed by atoms with Gasteiger partial charge in [-0.1, -0.05) is 60.1 Å². The van der Waals surface area contributed by atoms with Crippen LogP contribution in [0.1, 0.15) is 113 Å². The van der Waals surface area contributed by atoms with Crippen LogP contribution in [0.2, 0.25) is 0 Å². The molecule has 0 aromatic carbocycles. The third-order valence-corrected chi connectivity index (χ3v) is 23.7. The highest BCUT2D eigenvalue weighted by Gasteiger charge is 2.71. The molecule has 5 saturated heterocycles. The molecule has 5 aliphatic heterocycles. The van der Waals surface area contributed by atoms with Crippen LogP contribution in [0.15, 0.2) is 11.6 Å². The van der Waals surface area contributed by atoms with Crippen LogP contribution in [0, 0.1) is 62.6 Å². The highest BCUT2D eigenvalue weighted by molar-refractivity contribution is 5.79. The third-order valence-electron chi connectivity index (χ3n) is 23.7. The van der Waals surface area contributed by atoms with Gasteiger partial charge >= 0.3 is 5.97 Å². The van der Waals surface area contributed by atoms with E-state index in [-0.39, 0.29) is 58.9 Å². The fourth-order valence-electron chi connectivity index (χ4n) is 18.1. The minimum Gasteiger partial charge on any atom is -0.432 e. The Morgan fingerprint density at radius 1 is 0.576 bits per heavy atom. The van der Waals surface area contributed by atoms with Gasteiger partial charge in [0.1, 0.15) is 91.6 Å². The molecule has 10 aliphatic rings. The SMILES string of the molecule is CC1CCC2(C(=O)OC3OC(COC4OC(CO)C(CC5OC(O)C(O)C(O)C5O)C(O)C4O)C(O)C(O)C3O)CCC3(C)C(=CCC4C5(C)CCC(OC6OCC(O)C(O)C6OC6OC(CO)C(O)C(O)C6O)C(C)(C)C5CCC43C)C2C1C. The van der Waals surface area contributed by atoms with Gasteiger partial charge in [0, 0.05) is 5.92 Å². The summed E-state index contributed by atoms with van der Waals surface area (Å²) in [6.45, 7) is 13.6. The highest BCUT2D eigenvalue weighted by atomic mass is 16.8. The van der Waals surface area contributed by atoms with Crippen LogP contribution in [0.4, 0.5) is 0 Å². The van der Waals surface area contributed by atoms with Crippen LogP contribution in [-0.2, 0) is 47.4 Å². The van der Waals surface area contributed by atoms with E-state index in [4.69, 9.17) is 42.6 Å². The van der Waals surface area contributed by atoms with Gasteiger partial charge in [-0.3, -0.25) is 4.79 Å². The Morgan fingerprint density at radius 3 is 1.87 bits per heavy atom. The Balaban J connectivity index is 0.826. The van der Waals surface area contributed by atoms with E-state index in [9.17, 15) is 81.7 Å². The second kappa shape index (κ2) is 24.7. The van der Waals surface area contributed by atoms with Crippen molar-refractivity contribution in [3.8, 4) is 0 Å². The van der Waals surface area contributed by atoms with Crippen LogP contribution in [0.5, 0.6) is 0 Å². The van der Waals surface area contributed by atoms with Gasteiger partial charge in [0.25, 0.3) is 0 Å². The Morgan fingerprint density at radius 2 is 1.19 bits per heavy atom. The lowest BCUT2D eigenvalue weighted by Gasteiger charge is -2.71. The summed E-state index contributed by atoms with van der Waals surface area (Å²) < 4.78 is 53.6. The van der Waals surface area contributed by atoms with Crippen molar-refractivity contribution in [2.75, 3.05) is 26.4 Å². The lowest BCUT2D eigenvalue weighted by Crippen LogP contribution is -2.66. The molecule has 26 nitrogen and oxygen atoms in total. The molecule has 0 aromatic rings. The minimum absolute atomic E-state index is 0.0256. The maximum Gasteiger partial charge on any atom is 0.315 e. The molecule has 0 aromatic heterocycles. The third kappa shape index (κ3) is 11.0. The number of fused-ring (bicyclic) bond motifs is 7. The van der Waals surface area contributed by atoms with Gasteiger partial charge < -0.3 is 124 Å². The number of carbonyl (C=O) groups is 1. The van der Waals surface area contributed by atoms with Crippen molar-refractivity contribution in [2.45, 2.75) is 260 Å². The molecule has 9 fully saturated rings. The molecule has 85 heavy (non-hydrogen) atoms. The van der Waals surface area contributed by atoms with Crippen LogP contribution in [-0.4, -0.2) is 262 Å². The Hall–Kier alpha value is -1.75. The summed E-state index contributed by atoms with van der Waals surface area (Å²) in [6.07, 6.45) is -29.7. The maximum absolute atomic E-state index is 15.3. The van der Waals surface area contributed by atoms with Crippen molar-refractivity contribution in [2.24, 2.45) is 62.6 Å². The van der Waals surface area contributed by atoms with E-state index < -0.39 is 190 Å². The molecule has 26 heteroatoms. The van der Waals surface area contributed by atoms with Crippen LogP contribution in [0.25, 0.3) is 0 Å². The van der Waals surface area contributed by atoms with Crippen molar-refractivity contribution >= 4 is 5.97 Å². The van der Waals surface area contributed by atoms with Gasteiger partial charge in [-0.25, -0.2) is 0 Å². The van der Waals surface area contributed by atoms with E-state index in [0.717, 1.165) is 32.1 Å². The van der Waals surface area contributed by atoms with Crippen molar-refractivity contribution in [3.63, 3.8) is 0 Å². The first-order valence-corrected chi connectivity index (χ1v) is 30.7.